The van der Waals surface area contributed by atoms with E-state index in [0.717, 1.165) is 22.6 Å². The van der Waals surface area contributed by atoms with Crippen molar-refractivity contribution in [2.45, 2.75) is 26.8 Å². The van der Waals surface area contributed by atoms with E-state index >= 15 is 0 Å². The first kappa shape index (κ1) is 16.9. The summed E-state index contributed by atoms with van der Waals surface area (Å²) < 4.78 is 10.6. The predicted molar refractivity (Wildman–Crippen MR) is 91.3 cm³/mol. The van der Waals surface area contributed by atoms with Gasteiger partial charge in [0.15, 0.2) is 0 Å². The topological polar surface area (TPSA) is 47.6 Å². The Morgan fingerprint density at radius 3 is 2.35 bits per heavy atom. The monoisotopic (exact) mass is 313 g/mol. The molecule has 1 N–H and O–H groups in total. The van der Waals surface area contributed by atoms with E-state index in [4.69, 9.17) is 9.47 Å². The molecular formula is C19H23NO3. The van der Waals surface area contributed by atoms with Crippen molar-refractivity contribution in [2.24, 2.45) is 0 Å². The highest BCUT2D eigenvalue weighted by Crippen LogP contribution is 2.29. The molecule has 1 amide bonds. The Kier molecular flexibility index (Phi) is 5.27. The zero-order chi connectivity index (χ0) is 17.0. The maximum absolute atomic E-state index is 12.5. The lowest BCUT2D eigenvalue weighted by atomic mass is 10.0. The number of hydrogen-bond donors (Lipinski definition) is 1. The van der Waals surface area contributed by atoms with Gasteiger partial charge in [-0.15, -0.1) is 0 Å². The molecule has 23 heavy (non-hydrogen) atoms. The number of ether oxygens (including phenoxy) is 2. The van der Waals surface area contributed by atoms with Crippen molar-refractivity contribution in [1.82, 2.24) is 5.32 Å². The van der Waals surface area contributed by atoms with Gasteiger partial charge in [-0.25, -0.2) is 0 Å². The Bertz CT molecular complexity index is 710. The van der Waals surface area contributed by atoms with Crippen molar-refractivity contribution in [1.29, 1.82) is 0 Å². The van der Waals surface area contributed by atoms with Crippen LogP contribution in [0.25, 0.3) is 0 Å². The summed E-state index contributed by atoms with van der Waals surface area (Å²) in [5, 5.41) is 3.01. The molecule has 0 spiro atoms. The van der Waals surface area contributed by atoms with Crippen LogP contribution in [0.15, 0.2) is 36.4 Å². The van der Waals surface area contributed by atoms with E-state index in [-0.39, 0.29) is 11.9 Å². The molecule has 0 aliphatic carbocycles. The Hall–Kier alpha value is -2.49. The maximum Gasteiger partial charge on any atom is 0.251 e. The standard InChI is InChI=1S/C19H23NO3/c1-12-6-7-15(10-13(12)2)19(21)20-14(3)17-11-16(22-4)8-9-18(17)23-5/h6-11,14H,1-5H3,(H,20,21)/t14-/m1/s1. The summed E-state index contributed by atoms with van der Waals surface area (Å²) in [4.78, 5) is 12.5. The van der Waals surface area contributed by atoms with Crippen molar-refractivity contribution < 1.29 is 14.3 Å². The molecule has 2 aromatic carbocycles. The van der Waals surface area contributed by atoms with Crippen LogP contribution in [0.2, 0.25) is 0 Å². The van der Waals surface area contributed by atoms with Crippen molar-refractivity contribution >= 4 is 5.91 Å². The van der Waals surface area contributed by atoms with E-state index in [1.54, 1.807) is 14.2 Å². The molecule has 0 aliphatic rings. The molecule has 0 fully saturated rings. The molecule has 0 bridgehead atoms. The van der Waals surface area contributed by atoms with Crippen LogP contribution in [0.5, 0.6) is 11.5 Å². The number of hydrogen-bond acceptors (Lipinski definition) is 3. The normalized spacial score (nSPS) is 11.7. The van der Waals surface area contributed by atoms with E-state index in [1.165, 1.54) is 5.56 Å². The van der Waals surface area contributed by atoms with Gasteiger partial charge in [-0.05, 0) is 62.2 Å². The van der Waals surface area contributed by atoms with Crippen molar-refractivity contribution in [3.05, 3.63) is 58.7 Å². The lowest BCUT2D eigenvalue weighted by Gasteiger charge is -2.18. The first-order chi connectivity index (χ1) is 11.0. The van der Waals surface area contributed by atoms with Gasteiger partial charge >= 0.3 is 0 Å². The molecule has 0 saturated heterocycles. The Morgan fingerprint density at radius 2 is 1.74 bits per heavy atom. The molecule has 2 aromatic rings. The second kappa shape index (κ2) is 7.18. The van der Waals surface area contributed by atoms with Gasteiger partial charge in [-0.1, -0.05) is 6.07 Å². The number of benzene rings is 2. The van der Waals surface area contributed by atoms with Crippen LogP contribution in [-0.2, 0) is 0 Å². The average Bonchev–Trinajstić information content (AvgIpc) is 2.56. The fourth-order valence-corrected chi connectivity index (χ4v) is 2.42. The highest BCUT2D eigenvalue weighted by molar-refractivity contribution is 5.94. The molecule has 122 valence electrons. The third-order valence-electron chi connectivity index (χ3n) is 4.02. The van der Waals surface area contributed by atoms with Crippen molar-refractivity contribution in [3.8, 4) is 11.5 Å². The summed E-state index contributed by atoms with van der Waals surface area (Å²) in [6.07, 6.45) is 0. The molecule has 0 heterocycles. The van der Waals surface area contributed by atoms with E-state index in [0.29, 0.717) is 5.56 Å². The molecule has 2 rings (SSSR count). The number of carbonyl (C=O) groups is 1. The Labute approximate surface area is 137 Å². The summed E-state index contributed by atoms with van der Waals surface area (Å²) in [6.45, 7) is 5.96. The highest BCUT2D eigenvalue weighted by Gasteiger charge is 2.16. The predicted octanol–water partition coefficient (Wildman–Crippen LogP) is 3.81. The van der Waals surface area contributed by atoms with Gasteiger partial charge in [0.25, 0.3) is 5.91 Å². The summed E-state index contributed by atoms with van der Waals surface area (Å²) >= 11 is 0. The van der Waals surface area contributed by atoms with Crippen LogP contribution in [0.4, 0.5) is 0 Å². The second-order valence-corrected chi connectivity index (χ2v) is 5.60. The third-order valence-corrected chi connectivity index (χ3v) is 4.02. The van der Waals surface area contributed by atoms with E-state index in [9.17, 15) is 4.79 Å². The zero-order valence-corrected chi connectivity index (χ0v) is 14.3. The molecule has 0 aromatic heterocycles. The Morgan fingerprint density at radius 1 is 1.00 bits per heavy atom. The fourth-order valence-electron chi connectivity index (χ4n) is 2.42. The van der Waals surface area contributed by atoms with Crippen LogP contribution >= 0.6 is 0 Å². The van der Waals surface area contributed by atoms with Crippen LogP contribution < -0.4 is 14.8 Å². The van der Waals surface area contributed by atoms with E-state index < -0.39 is 0 Å². The molecule has 0 aliphatic heterocycles. The number of methoxy groups -OCH3 is 2. The van der Waals surface area contributed by atoms with Crippen molar-refractivity contribution in [3.63, 3.8) is 0 Å². The number of carbonyl (C=O) groups excluding carboxylic acids is 1. The van der Waals surface area contributed by atoms with Crippen LogP contribution in [-0.4, -0.2) is 20.1 Å². The molecule has 0 radical (unpaired) electrons. The minimum absolute atomic E-state index is 0.106. The summed E-state index contributed by atoms with van der Waals surface area (Å²) in [6, 6.07) is 11.1. The quantitative estimate of drug-likeness (QED) is 0.913. The minimum Gasteiger partial charge on any atom is -0.497 e. The molecule has 0 saturated carbocycles. The van der Waals surface area contributed by atoms with Gasteiger partial charge in [-0.2, -0.15) is 0 Å². The largest absolute Gasteiger partial charge is 0.497 e. The zero-order valence-electron chi connectivity index (χ0n) is 14.3. The van der Waals surface area contributed by atoms with E-state index in [1.807, 2.05) is 57.2 Å². The summed E-state index contributed by atoms with van der Waals surface area (Å²) in [5.74, 6) is 1.34. The minimum atomic E-state index is -0.200. The van der Waals surface area contributed by atoms with Gasteiger partial charge in [0, 0.05) is 11.1 Å². The van der Waals surface area contributed by atoms with Crippen LogP contribution in [0.1, 0.15) is 40.0 Å². The van der Waals surface area contributed by atoms with Gasteiger partial charge < -0.3 is 14.8 Å². The van der Waals surface area contributed by atoms with Crippen molar-refractivity contribution in [2.75, 3.05) is 14.2 Å². The SMILES string of the molecule is COc1ccc(OC)c([C@@H](C)NC(=O)c2ccc(C)c(C)c2)c1. The third kappa shape index (κ3) is 3.83. The van der Waals surface area contributed by atoms with Crippen LogP contribution in [0.3, 0.4) is 0 Å². The smallest absolute Gasteiger partial charge is 0.251 e. The number of nitrogens with one attached hydrogen (secondary N) is 1. The van der Waals surface area contributed by atoms with Crippen LogP contribution in [0, 0.1) is 13.8 Å². The lowest BCUT2D eigenvalue weighted by Crippen LogP contribution is -2.27. The maximum atomic E-state index is 12.5. The number of rotatable bonds is 5. The second-order valence-electron chi connectivity index (χ2n) is 5.60. The first-order valence-corrected chi connectivity index (χ1v) is 7.56. The van der Waals surface area contributed by atoms with Gasteiger partial charge in [0.05, 0.1) is 20.3 Å². The molecule has 0 unspecified atom stereocenters. The first-order valence-electron chi connectivity index (χ1n) is 7.56. The van der Waals surface area contributed by atoms with Gasteiger partial charge in [0.1, 0.15) is 11.5 Å². The van der Waals surface area contributed by atoms with Gasteiger partial charge in [0.2, 0.25) is 0 Å². The lowest BCUT2D eigenvalue weighted by molar-refractivity contribution is 0.0939. The molecule has 4 nitrogen and oxygen atoms in total. The summed E-state index contributed by atoms with van der Waals surface area (Å²) in [5.41, 5.74) is 3.80. The number of aryl methyl sites for hydroxylation is 2. The van der Waals surface area contributed by atoms with E-state index in [2.05, 4.69) is 5.32 Å². The molecular weight excluding hydrogens is 290 g/mol. The fraction of sp³-hybridized carbons (Fsp3) is 0.316. The van der Waals surface area contributed by atoms with Gasteiger partial charge in [-0.3, -0.25) is 4.79 Å². The highest BCUT2D eigenvalue weighted by atomic mass is 16.5. The molecule has 1 atom stereocenters. The molecule has 4 heteroatoms. The average molecular weight is 313 g/mol. The Balaban J connectivity index is 2.22. The number of amides is 1. The summed E-state index contributed by atoms with van der Waals surface area (Å²) in [7, 11) is 3.23.